The predicted octanol–water partition coefficient (Wildman–Crippen LogP) is 1.98. The number of aliphatic carboxylic acids is 1. The van der Waals surface area contributed by atoms with Crippen LogP contribution in [0.25, 0.3) is 0 Å². The number of hydrogen-bond acceptors (Lipinski definition) is 15. The average molecular weight is 883 g/mol. The lowest BCUT2D eigenvalue weighted by molar-refractivity contribution is -0.379. The van der Waals surface area contributed by atoms with Crippen molar-refractivity contribution in [2.45, 2.75) is 199 Å². The molecule has 22 atom stereocenters. The van der Waals surface area contributed by atoms with Crippen LogP contribution in [0.1, 0.15) is 113 Å². The van der Waals surface area contributed by atoms with Crippen LogP contribution in [0.5, 0.6) is 0 Å². The van der Waals surface area contributed by atoms with E-state index in [2.05, 4.69) is 47.6 Å². The molecule has 0 spiro atoms. The summed E-state index contributed by atoms with van der Waals surface area (Å²) < 4.78 is 36.0. The highest BCUT2D eigenvalue weighted by atomic mass is 16.8. The van der Waals surface area contributed by atoms with Crippen LogP contribution < -0.4 is 0 Å². The molecule has 3 heterocycles. The first kappa shape index (κ1) is 47.2. The highest BCUT2D eigenvalue weighted by Gasteiger charge is 2.70. The van der Waals surface area contributed by atoms with Gasteiger partial charge >= 0.3 is 5.97 Å². The third kappa shape index (κ3) is 7.19. The normalized spacial score (nSPS) is 55.1. The third-order valence-corrected chi connectivity index (χ3v) is 18.7. The third-order valence-electron chi connectivity index (χ3n) is 18.7. The lowest BCUT2D eigenvalue weighted by Crippen LogP contribution is -2.67. The van der Waals surface area contributed by atoms with Crippen LogP contribution >= 0.6 is 0 Å². The standard InChI is InChI=1S/C46H74O16/c1-22-30(50)35(61-37-33(53)31(51)25(48)19-57-37)34(54)38(59-22)62-36-32(52)26(49)20-58-39(36)60-29-11-12-42(4)27(43(29,5)21-47)10-13-45(7)28(42)9-8-23-24-18-41(2,3)14-16-46(24,40(55)56)17-15-44(23,45)6/h8,22,24-39,47-54H,9-21H2,1-7H3,(H,55,56)/t22-,24-,25+,26-,27?,28?,29-,30-,31-,32-,33+,34+,35+,36+,37-,38-,39-,42-,43-,44+,45+,46-/m1/s1. The minimum absolute atomic E-state index is 0.00631. The van der Waals surface area contributed by atoms with E-state index in [0.717, 1.165) is 44.9 Å². The van der Waals surface area contributed by atoms with E-state index in [1.165, 1.54) is 12.5 Å². The zero-order chi connectivity index (χ0) is 45.1. The molecule has 0 bridgehead atoms. The zero-order valence-corrected chi connectivity index (χ0v) is 37.5. The second kappa shape index (κ2) is 16.5. The summed E-state index contributed by atoms with van der Waals surface area (Å²) in [5.74, 6) is -0.342. The van der Waals surface area contributed by atoms with Gasteiger partial charge in [0.25, 0.3) is 0 Å². The summed E-state index contributed by atoms with van der Waals surface area (Å²) in [5, 5.41) is 97.4. The van der Waals surface area contributed by atoms with Gasteiger partial charge in [0.2, 0.25) is 0 Å². The lowest BCUT2D eigenvalue weighted by atomic mass is 9.33. The molecule has 0 aromatic heterocycles. The number of carboxylic acids is 1. The van der Waals surface area contributed by atoms with Crippen LogP contribution in [0.2, 0.25) is 0 Å². The topological polar surface area (TPSA) is 255 Å². The SMILES string of the molecule is C[C@H]1O[C@H](O[C@@H]2[C@@H](O[C@@H]3CC[C@@]4(C)C5CC=C6[C@H]7CC(C)(C)CC[C@@]7(C(=O)O)CC[C@]6(C)[C@@]5(C)CCC4[C@@]3(C)CO)OC[C@@H](O)[C@H]2O)[C@@H](O)[C@@H](O[C@H]2OC[C@H](O)[C@@H](O)[C@@H]2O)[C@@H]1O. The van der Waals surface area contributed by atoms with E-state index in [1.54, 1.807) is 0 Å². The monoisotopic (exact) mass is 882 g/mol. The fourth-order valence-electron chi connectivity index (χ4n) is 14.5. The van der Waals surface area contributed by atoms with Crippen molar-refractivity contribution in [2.24, 2.45) is 50.2 Å². The molecule has 4 saturated carbocycles. The van der Waals surface area contributed by atoms with Gasteiger partial charge in [-0.2, -0.15) is 0 Å². The molecule has 0 amide bonds. The van der Waals surface area contributed by atoms with Gasteiger partial charge in [0.1, 0.15) is 54.9 Å². The van der Waals surface area contributed by atoms with E-state index in [-0.39, 0.29) is 59.2 Å². The van der Waals surface area contributed by atoms with E-state index in [9.17, 15) is 50.8 Å². The van der Waals surface area contributed by atoms with Crippen LogP contribution in [0.4, 0.5) is 0 Å². The van der Waals surface area contributed by atoms with Crippen LogP contribution in [0.15, 0.2) is 11.6 Å². The van der Waals surface area contributed by atoms with Gasteiger partial charge in [0, 0.05) is 5.41 Å². The molecule has 0 radical (unpaired) electrons. The fraction of sp³-hybridized carbons (Fsp3) is 0.935. The van der Waals surface area contributed by atoms with Gasteiger partial charge in [-0.25, -0.2) is 0 Å². The molecule has 354 valence electrons. The average Bonchev–Trinajstić information content (AvgIpc) is 3.21. The van der Waals surface area contributed by atoms with Crippen molar-refractivity contribution in [1.29, 1.82) is 0 Å². The van der Waals surface area contributed by atoms with Crippen LogP contribution in [0.3, 0.4) is 0 Å². The molecule has 8 aliphatic rings. The fourth-order valence-corrected chi connectivity index (χ4v) is 14.5. The number of rotatable bonds is 8. The number of aliphatic hydroxyl groups is 8. The quantitative estimate of drug-likeness (QED) is 0.125. The minimum Gasteiger partial charge on any atom is -0.481 e. The van der Waals surface area contributed by atoms with Crippen molar-refractivity contribution in [3.8, 4) is 0 Å². The van der Waals surface area contributed by atoms with Gasteiger partial charge in [-0.1, -0.05) is 53.2 Å². The van der Waals surface area contributed by atoms with Crippen LogP contribution in [0, 0.1) is 50.2 Å². The molecule has 8 rings (SSSR count). The first-order valence-corrected chi connectivity index (χ1v) is 23.1. The largest absolute Gasteiger partial charge is 0.481 e. The Morgan fingerprint density at radius 1 is 0.710 bits per heavy atom. The maximum atomic E-state index is 13.1. The maximum Gasteiger partial charge on any atom is 0.310 e. The van der Waals surface area contributed by atoms with Gasteiger partial charge in [-0.15, -0.1) is 0 Å². The number of allylic oxidation sites excluding steroid dienone is 2. The summed E-state index contributed by atoms with van der Waals surface area (Å²) in [4.78, 5) is 13.1. The Balaban J connectivity index is 1.02. The highest BCUT2D eigenvalue weighted by Crippen LogP contribution is 2.76. The summed E-state index contributed by atoms with van der Waals surface area (Å²) in [6.07, 6.45) is -9.19. The first-order valence-electron chi connectivity index (χ1n) is 23.1. The van der Waals surface area contributed by atoms with Gasteiger partial charge < -0.3 is 74.4 Å². The van der Waals surface area contributed by atoms with E-state index >= 15 is 0 Å². The molecule has 16 nitrogen and oxygen atoms in total. The van der Waals surface area contributed by atoms with E-state index in [0.29, 0.717) is 19.3 Å². The number of ether oxygens (including phenoxy) is 6. The molecule has 0 aromatic rings. The van der Waals surface area contributed by atoms with Crippen LogP contribution in [-0.2, 0) is 33.2 Å². The zero-order valence-electron chi connectivity index (χ0n) is 37.5. The molecule has 3 saturated heterocycles. The molecule has 3 aliphatic heterocycles. The predicted molar refractivity (Wildman–Crippen MR) is 219 cm³/mol. The van der Waals surface area contributed by atoms with E-state index in [1.807, 2.05) is 0 Å². The summed E-state index contributed by atoms with van der Waals surface area (Å²) in [7, 11) is 0. The molecule has 7 fully saturated rings. The molecule has 16 heteroatoms. The Hall–Kier alpha value is -1.35. The number of aliphatic hydroxyl groups excluding tert-OH is 8. The second-order valence-electron chi connectivity index (χ2n) is 22.4. The van der Waals surface area contributed by atoms with Crippen LogP contribution in [-0.4, -0.2) is 158 Å². The molecule has 62 heavy (non-hydrogen) atoms. The molecule has 0 aromatic carbocycles. The minimum atomic E-state index is -1.73. The van der Waals surface area contributed by atoms with Gasteiger partial charge in [0.05, 0.1) is 37.4 Å². The molecule has 2 unspecified atom stereocenters. The van der Waals surface area contributed by atoms with Crippen molar-refractivity contribution >= 4 is 5.97 Å². The smallest absolute Gasteiger partial charge is 0.310 e. The Kier molecular flexibility index (Phi) is 12.5. The summed E-state index contributed by atoms with van der Waals surface area (Å²) >= 11 is 0. The Bertz CT molecular complexity index is 1690. The number of carboxylic acid groups (broad SMARTS) is 1. The Morgan fingerprint density at radius 3 is 2.03 bits per heavy atom. The van der Waals surface area contributed by atoms with Gasteiger partial charge in [-0.3, -0.25) is 4.79 Å². The number of fused-ring (bicyclic) bond motifs is 7. The Morgan fingerprint density at radius 2 is 1.35 bits per heavy atom. The number of hydrogen-bond donors (Lipinski definition) is 9. The van der Waals surface area contributed by atoms with E-state index < -0.39 is 103 Å². The Labute approximate surface area is 364 Å². The lowest BCUT2D eigenvalue weighted by Gasteiger charge is -2.71. The summed E-state index contributed by atoms with van der Waals surface area (Å²) in [5.41, 5.74) is -0.519. The second-order valence-corrected chi connectivity index (χ2v) is 22.4. The van der Waals surface area contributed by atoms with Crippen molar-refractivity contribution in [2.75, 3.05) is 19.8 Å². The van der Waals surface area contributed by atoms with Gasteiger partial charge in [-0.05, 0) is 111 Å². The van der Waals surface area contributed by atoms with Crippen molar-refractivity contribution in [3.05, 3.63) is 11.6 Å². The first-order chi connectivity index (χ1) is 29.0. The maximum absolute atomic E-state index is 13.1. The molecular weight excluding hydrogens is 808 g/mol. The van der Waals surface area contributed by atoms with Crippen molar-refractivity contribution in [1.82, 2.24) is 0 Å². The molecule has 5 aliphatic carbocycles. The number of carbonyl (C=O) groups is 1. The van der Waals surface area contributed by atoms with Crippen molar-refractivity contribution < 1.29 is 79.2 Å². The van der Waals surface area contributed by atoms with E-state index in [4.69, 9.17) is 28.4 Å². The van der Waals surface area contributed by atoms with Crippen molar-refractivity contribution in [3.63, 3.8) is 0 Å². The molecule has 9 N–H and O–H groups in total. The summed E-state index contributed by atoms with van der Waals surface area (Å²) in [6, 6.07) is 0. The summed E-state index contributed by atoms with van der Waals surface area (Å²) in [6.45, 7) is 14.5. The highest BCUT2D eigenvalue weighted by molar-refractivity contribution is 5.76. The van der Waals surface area contributed by atoms with Gasteiger partial charge in [0.15, 0.2) is 18.9 Å². The molecular formula is C46H74O16.